The normalized spacial score (nSPS) is 22.7. The number of likely N-dealkylation sites (tertiary alicyclic amines) is 1. The minimum Gasteiger partial charge on any atom is -0.382 e. The highest BCUT2D eigenvalue weighted by molar-refractivity contribution is 6.63. The minimum absolute atomic E-state index is 0.0750. The van der Waals surface area contributed by atoms with Crippen LogP contribution in [0.25, 0.3) is 140 Å². The lowest BCUT2D eigenvalue weighted by atomic mass is 9.60. The van der Waals surface area contributed by atoms with E-state index in [1.54, 1.807) is 137 Å². The number of nitrogens with zero attached hydrogens (tertiary/aromatic N) is 1. The molecule has 0 saturated carbocycles. The number of rotatable bonds is 7. The summed E-state index contributed by atoms with van der Waals surface area (Å²) in [6, 6.07) is 29.8. The second kappa shape index (κ2) is 8.44. The van der Waals surface area contributed by atoms with Gasteiger partial charge in [-0.1, -0.05) is 59.7 Å². The van der Waals surface area contributed by atoms with Gasteiger partial charge in [-0.05, 0) is 205 Å². The van der Waals surface area contributed by atoms with Gasteiger partial charge in [0.2, 0.25) is 0 Å². The maximum absolute atomic E-state index is 6.34. The molecular weight excluding hydrogens is 719 g/mol. The van der Waals surface area contributed by atoms with Crippen molar-refractivity contribution in [3.63, 3.8) is 0 Å². The monoisotopic (exact) mass is 751 g/mol. The van der Waals surface area contributed by atoms with Crippen molar-refractivity contribution in [3.05, 3.63) is 105 Å². The maximum atomic E-state index is 6.34. The Kier molecular flexibility index (Phi) is 4.09. The molecule has 3 unspecified atom stereocenters. The van der Waals surface area contributed by atoms with Gasteiger partial charge in [-0.3, -0.25) is 4.90 Å². The molecule has 0 N–H and O–H groups in total. The van der Waals surface area contributed by atoms with Crippen LogP contribution in [0.2, 0.25) is 0 Å². The first-order chi connectivity index (χ1) is 29.2. The number of hydrogen-bond donors (Lipinski definition) is 0. The van der Waals surface area contributed by atoms with Crippen molar-refractivity contribution >= 4 is 140 Å². The Morgan fingerprint density at radius 3 is 1.97 bits per heavy atom. The van der Waals surface area contributed by atoms with Gasteiger partial charge in [0.15, 0.2) is 0 Å². The van der Waals surface area contributed by atoms with Gasteiger partial charge in [0.1, 0.15) is 0 Å². The second-order valence-electron chi connectivity index (χ2n) is 19.8. The number of hydrogen-bond acceptors (Lipinski definition) is 3. The van der Waals surface area contributed by atoms with E-state index < -0.39 is 0 Å². The smallest absolute Gasteiger partial charge is 0.0700 e. The van der Waals surface area contributed by atoms with Crippen molar-refractivity contribution in [2.45, 2.75) is 30.7 Å². The molecule has 5 aliphatic rings. The summed E-state index contributed by atoms with van der Waals surface area (Å²) < 4.78 is 11.7. The van der Waals surface area contributed by atoms with Gasteiger partial charge in [-0.15, -0.1) is 0 Å². The van der Waals surface area contributed by atoms with Crippen LogP contribution >= 0.6 is 0 Å². The molecule has 4 aliphatic carbocycles. The average Bonchev–Trinajstić information content (AvgIpc) is 4.11. The van der Waals surface area contributed by atoms with Crippen LogP contribution in [0.1, 0.15) is 34.7 Å². The van der Waals surface area contributed by atoms with Crippen LogP contribution in [-0.4, -0.2) is 44.9 Å². The van der Waals surface area contributed by atoms with Crippen LogP contribution in [-0.2, 0) is 27.7 Å². The first-order valence-corrected chi connectivity index (χ1v) is 22.1. The largest absolute Gasteiger partial charge is 0.382 e. The molecule has 0 amide bonds. The van der Waals surface area contributed by atoms with E-state index in [4.69, 9.17) is 9.47 Å². The Morgan fingerprint density at radius 1 is 0.542 bits per heavy atom. The third-order valence-corrected chi connectivity index (χ3v) is 17.9. The van der Waals surface area contributed by atoms with Gasteiger partial charge >= 0.3 is 0 Å². The summed E-state index contributed by atoms with van der Waals surface area (Å²) >= 11 is 0. The molecular formula is C56H33NO2. The zero-order valence-corrected chi connectivity index (χ0v) is 32.5. The summed E-state index contributed by atoms with van der Waals surface area (Å²) in [6.45, 7) is 3.97. The van der Waals surface area contributed by atoms with Crippen molar-refractivity contribution < 1.29 is 9.47 Å². The lowest BCUT2D eigenvalue weighted by molar-refractivity contribution is 0.0525. The summed E-state index contributed by atoms with van der Waals surface area (Å²) in [4.78, 5) is 2.88. The molecule has 3 heteroatoms. The summed E-state index contributed by atoms with van der Waals surface area (Å²) in [5.41, 5.74) is 9.76. The topological polar surface area (TPSA) is 21.7 Å². The van der Waals surface area contributed by atoms with Gasteiger partial charge in [-0.25, -0.2) is 0 Å². The van der Waals surface area contributed by atoms with E-state index in [9.17, 15) is 0 Å². The molecule has 274 valence electrons. The standard InChI is InChI=1S/C56H33NO2/c1-58-10-11-59-9-8-57-21-33-32-19-30-17-27-15-28-14-25-13-26-16-29-18-31-20-56(33,55(57)24-7-6-22-4-2-3-5-23(22)12-24)54-40(31)45-39(29)44-35(26)34(25)42-38(28)43-36(27)37(30)46-41(32)53(54)52-50(45)48(44)47(42)49(43)51(46)52/h2-7,12-16,18,33,55H,8-11,17,19-21H2,1H3. The van der Waals surface area contributed by atoms with Gasteiger partial charge in [-0.2, -0.15) is 0 Å². The molecule has 14 aromatic carbocycles. The molecule has 59 heavy (non-hydrogen) atoms. The maximum Gasteiger partial charge on any atom is 0.0700 e. The number of fused-ring (bicyclic) bond motifs is 2. The van der Waals surface area contributed by atoms with Crippen molar-refractivity contribution in [2.75, 3.05) is 40.0 Å². The van der Waals surface area contributed by atoms with E-state index in [-0.39, 0.29) is 11.5 Å². The summed E-state index contributed by atoms with van der Waals surface area (Å²) in [6.07, 6.45) is 3.30. The molecule has 0 bridgehead atoms. The molecule has 1 aliphatic heterocycles. The lowest BCUT2D eigenvalue weighted by Gasteiger charge is -2.43. The third-order valence-electron chi connectivity index (χ3n) is 17.9. The quantitative estimate of drug-likeness (QED) is 0.120. The first kappa shape index (κ1) is 28.6. The molecule has 1 spiro atoms. The third kappa shape index (κ3) is 2.52. The van der Waals surface area contributed by atoms with E-state index in [1.165, 1.54) is 43.3 Å². The van der Waals surface area contributed by atoms with Crippen molar-refractivity contribution in [2.24, 2.45) is 5.92 Å². The zero-order valence-electron chi connectivity index (χ0n) is 32.5. The minimum atomic E-state index is -0.0750. The van der Waals surface area contributed by atoms with Gasteiger partial charge in [0.25, 0.3) is 0 Å². The van der Waals surface area contributed by atoms with Crippen molar-refractivity contribution in [3.8, 4) is 0 Å². The van der Waals surface area contributed by atoms with Crippen molar-refractivity contribution in [1.29, 1.82) is 0 Å². The van der Waals surface area contributed by atoms with E-state index in [1.807, 2.05) is 0 Å². The van der Waals surface area contributed by atoms with Crippen LogP contribution in [0.5, 0.6) is 0 Å². The Labute approximate surface area is 335 Å². The Balaban J connectivity index is 1.07. The number of methoxy groups -OCH3 is 1. The van der Waals surface area contributed by atoms with Gasteiger partial charge in [0, 0.05) is 37.6 Å². The first-order valence-electron chi connectivity index (χ1n) is 22.1. The summed E-state index contributed by atoms with van der Waals surface area (Å²) in [7, 11) is 1.77. The molecule has 3 nitrogen and oxygen atoms in total. The molecule has 0 aromatic heterocycles. The highest BCUT2D eigenvalue weighted by Crippen LogP contribution is 2.70. The molecule has 14 aromatic rings. The highest BCUT2D eigenvalue weighted by atomic mass is 16.5. The number of benzene rings is 10. The van der Waals surface area contributed by atoms with Crippen LogP contribution < -0.4 is 10.4 Å². The molecule has 1 fully saturated rings. The second-order valence-corrected chi connectivity index (χ2v) is 19.8. The zero-order chi connectivity index (χ0) is 37.3. The molecule has 19 rings (SSSR count). The number of ether oxygens (including phenoxy) is 2. The molecule has 1 saturated heterocycles. The fourth-order valence-corrected chi connectivity index (χ4v) is 16.6. The van der Waals surface area contributed by atoms with E-state index in [2.05, 4.69) is 77.7 Å². The summed E-state index contributed by atoms with van der Waals surface area (Å²) in [5.74, 6) is 0.425. The predicted octanol–water partition coefficient (Wildman–Crippen LogP) is 10.9. The SMILES string of the molecule is COCCOCCN1CC2C3=c4c5c6c7c(cc8cc9cc%10cc%11cc%12c%13c(c4c4c5c5c7c8c7c9c%10c8c%11c%13c4c8c75)=C(C3)C%12)CC62C1c1ccc2ccccc2c1. The van der Waals surface area contributed by atoms with Gasteiger partial charge in [0.05, 0.1) is 19.8 Å². The highest BCUT2D eigenvalue weighted by Gasteiger charge is 2.62. The summed E-state index contributed by atoms with van der Waals surface area (Å²) in [5, 5.41) is 40.6. The molecule has 0 radical (unpaired) electrons. The van der Waals surface area contributed by atoms with Crippen LogP contribution in [0.15, 0.2) is 72.8 Å². The fourth-order valence-electron chi connectivity index (χ4n) is 16.6. The Bertz CT molecular complexity index is 4400. The van der Waals surface area contributed by atoms with E-state index in [0.717, 1.165) is 32.4 Å². The Morgan fingerprint density at radius 2 is 1.19 bits per heavy atom. The van der Waals surface area contributed by atoms with Crippen LogP contribution in [0.3, 0.4) is 0 Å². The van der Waals surface area contributed by atoms with Crippen LogP contribution in [0, 0.1) is 5.92 Å². The van der Waals surface area contributed by atoms with Crippen LogP contribution in [0.4, 0.5) is 0 Å². The average molecular weight is 752 g/mol. The Hall–Kier alpha value is -5.84. The van der Waals surface area contributed by atoms with Gasteiger partial charge < -0.3 is 9.47 Å². The van der Waals surface area contributed by atoms with E-state index >= 15 is 0 Å². The van der Waals surface area contributed by atoms with Crippen molar-refractivity contribution in [1.82, 2.24) is 4.90 Å². The molecule has 3 atom stereocenters. The predicted molar refractivity (Wildman–Crippen MR) is 244 cm³/mol. The fraction of sp³-hybridized carbons (Fsp3) is 0.214. The lowest BCUT2D eigenvalue weighted by Crippen LogP contribution is -2.44. The van der Waals surface area contributed by atoms with E-state index in [0.29, 0.717) is 25.7 Å². The molecule has 1 heterocycles.